The van der Waals surface area contributed by atoms with Crippen LogP contribution in [0.5, 0.6) is 0 Å². The first-order chi connectivity index (χ1) is 21.1. The van der Waals surface area contributed by atoms with Crippen LogP contribution >= 0.6 is 0 Å². The van der Waals surface area contributed by atoms with Gasteiger partial charge in [-0.2, -0.15) is 0 Å². The van der Waals surface area contributed by atoms with Gasteiger partial charge in [-0.15, -0.1) is 0 Å². The number of carbonyl (C=O) groups is 3. The third kappa shape index (κ3) is 9.17. The molecule has 7 N–H and O–H groups in total. The Morgan fingerprint density at radius 3 is 1.73 bits per heavy atom. The number of nitrogens with one attached hydrogen (secondary N) is 6. The number of nitro benzene ring substituents is 2. The lowest BCUT2D eigenvalue weighted by molar-refractivity contribution is -0.393. The molecule has 4 amide bonds. The van der Waals surface area contributed by atoms with E-state index < -0.39 is 33.2 Å². The van der Waals surface area contributed by atoms with E-state index in [2.05, 4.69) is 32.3 Å². The summed E-state index contributed by atoms with van der Waals surface area (Å²) in [5, 5.41) is 37.0. The molecule has 2 aliphatic rings. The first-order valence-corrected chi connectivity index (χ1v) is 14.5. The molecule has 0 atom stereocenters. The summed E-state index contributed by atoms with van der Waals surface area (Å²) in [6.07, 6.45) is 8.53. The molecule has 0 aromatic heterocycles. The molecule has 2 fully saturated rings. The highest BCUT2D eigenvalue weighted by molar-refractivity contribution is 5.88. The normalized spacial score (nSPS) is 21.3. The molecular formula is C28H36N8O8. The number of hydrazine groups is 2. The highest BCUT2D eigenvalue weighted by Crippen LogP contribution is 2.35. The Bertz CT molecular complexity index is 1360. The Kier molecular flexibility index (Phi) is 10.7. The Balaban J connectivity index is 1.10. The van der Waals surface area contributed by atoms with Crippen molar-refractivity contribution in [1.29, 1.82) is 0 Å². The lowest BCUT2D eigenvalue weighted by Gasteiger charge is -2.34. The molecule has 0 saturated heterocycles. The Morgan fingerprint density at radius 1 is 0.727 bits per heavy atom. The van der Waals surface area contributed by atoms with Crippen molar-refractivity contribution in [1.82, 2.24) is 21.5 Å². The maximum absolute atomic E-state index is 12.4. The highest BCUT2D eigenvalue weighted by Gasteiger charge is 2.28. The quantitative estimate of drug-likeness (QED) is 0.137. The first kappa shape index (κ1) is 31.8. The van der Waals surface area contributed by atoms with E-state index in [0.29, 0.717) is 17.5 Å². The van der Waals surface area contributed by atoms with Crippen LogP contribution in [0.15, 0.2) is 42.5 Å². The number of carbonyl (C=O) groups excluding carboxylic acids is 2. The zero-order valence-electron chi connectivity index (χ0n) is 23.9. The van der Waals surface area contributed by atoms with E-state index in [9.17, 15) is 34.6 Å². The van der Waals surface area contributed by atoms with Crippen molar-refractivity contribution in [3.05, 3.63) is 68.3 Å². The minimum atomic E-state index is -1.02. The SMILES string of the molecule is O=C(NNc1ccc(C(=O)O)cc1)NC1CCC(CC2CCC(NC(=O)NNc3ccc([N+](=O)[O-])cc3[N+](=O)[O-])CC2)CC1. The molecule has 2 saturated carbocycles. The van der Waals surface area contributed by atoms with Gasteiger partial charge in [-0.05, 0) is 100.0 Å². The summed E-state index contributed by atoms with van der Waals surface area (Å²) in [5.74, 6) is 0.130. The predicted octanol–water partition coefficient (Wildman–Crippen LogP) is 4.66. The van der Waals surface area contributed by atoms with Gasteiger partial charge in [0.25, 0.3) is 5.69 Å². The van der Waals surface area contributed by atoms with Crippen LogP contribution < -0.4 is 32.3 Å². The molecule has 16 nitrogen and oxygen atoms in total. The molecule has 4 rings (SSSR count). The Hall–Kier alpha value is -5.15. The van der Waals surface area contributed by atoms with Crippen LogP contribution in [-0.2, 0) is 0 Å². The molecule has 16 heteroatoms. The van der Waals surface area contributed by atoms with Gasteiger partial charge in [-0.25, -0.2) is 14.4 Å². The molecule has 0 radical (unpaired) electrons. The molecule has 0 unspecified atom stereocenters. The fourth-order valence-corrected chi connectivity index (χ4v) is 5.84. The number of hydrogen-bond donors (Lipinski definition) is 7. The molecule has 2 aromatic rings. The number of hydrogen-bond acceptors (Lipinski definition) is 9. The van der Waals surface area contributed by atoms with Crippen LogP contribution in [0.3, 0.4) is 0 Å². The molecule has 236 valence electrons. The first-order valence-electron chi connectivity index (χ1n) is 14.5. The highest BCUT2D eigenvalue weighted by atomic mass is 16.6. The number of amides is 4. The molecule has 0 aliphatic heterocycles. The topological polar surface area (TPSA) is 230 Å². The predicted molar refractivity (Wildman–Crippen MR) is 160 cm³/mol. The van der Waals surface area contributed by atoms with Crippen LogP contribution in [0.4, 0.5) is 32.3 Å². The molecular weight excluding hydrogens is 576 g/mol. The smallest absolute Gasteiger partial charge is 0.335 e. The summed E-state index contributed by atoms with van der Waals surface area (Å²) in [6.45, 7) is 0. The number of nitro groups is 2. The second-order valence-corrected chi connectivity index (χ2v) is 11.2. The average Bonchev–Trinajstić information content (AvgIpc) is 3.01. The molecule has 0 heterocycles. The molecule has 0 spiro atoms. The summed E-state index contributed by atoms with van der Waals surface area (Å²) in [6, 6.07) is 8.34. The lowest BCUT2D eigenvalue weighted by Crippen LogP contribution is -2.46. The Labute approximate surface area is 252 Å². The third-order valence-electron chi connectivity index (χ3n) is 8.18. The summed E-state index contributed by atoms with van der Waals surface area (Å²) in [4.78, 5) is 56.3. The van der Waals surface area contributed by atoms with Gasteiger partial charge in [0.1, 0.15) is 5.69 Å². The van der Waals surface area contributed by atoms with Crippen molar-refractivity contribution in [2.45, 2.75) is 69.9 Å². The van der Waals surface area contributed by atoms with E-state index >= 15 is 0 Å². The maximum atomic E-state index is 12.4. The Morgan fingerprint density at radius 2 is 1.25 bits per heavy atom. The van der Waals surface area contributed by atoms with E-state index in [0.717, 1.165) is 69.9 Å². The van der Waals surface area contributed by atoms with Crippen molar-refractivity contribution in [3.8, 4) is 0 Å². The third-order valence-corrected chi connectivity index (χ3v) is 8.18. The van der Waals surface area contributed by atoms with Crippen molar-refractivity contribution >= 4 is 40.8 Å². The van der Waals surface area contributed by atoms with Gasteiger partial charge in [0.15, 0.2) is 0 Å². The van der Waals surface area contributed by atoms with Crippen LogP contribution in [0.25, 0.3) is 0 Å². The number of urea groups is 2. The standard InChI is InChI=1S/C28H36N8O8/c37-26(38)19-5-11-22(12-6-19)31-33-27(39)29-20-7-1-17(2-8-20)15-18-3-9-21(10-4-18)30-28(40)34-32-24-14-13-23(35(41)42)16-25(24)36(43)44/h5-6,11-14,16-18,20-21,31-32H,1-4,7-10,15H2,(H,37,38)(H2,29,33,39)(H2,30,34,40). The fourth-order valence-electron chi connectivity index (χ4n) is 5.84. The van der Waals surface area contributed by atoms with Gasteiger partial charge in [-0.3, -0.25) is 41.9 Å². The van der Waals surface area contributed by atoms with E-state index in [-0.39, 0.29) is 29.4 Å². The van der Waals surface area contributed by atoms with Gasteiger partial charge in [-0.1, -0.05) is 0 Å². The molecule has 2 aliphatic carbocycles. The summed E-state index contributed by atoms with van der Waals surface area (Å²) in [7, 11) is 0. The number of anilines is 2. The summed E-state index contributed by atoms with van der Waals surface area (Å²) in [5.41, 5.74) is 9.93. The van der Waals surface area contributed by atoms with Crippen LogP contribution in [0, 0.1) is 32.1 Å². The second-order valence-electron chi connectivity index (χ2n) is 11.2. The number of non-ortho nitro benzene ring substituents is 1. The van der Waals surface area contributed by atoms with Crippen molar-refractivity contribution < 1.29 is 29.3 Å². The lowest BCUT2D eigenvalue weighted by atomic mass is 9.76. The van der Waals surface area contributed by atoms with E-state index in [1.807, 2.05) is 0 Å². The summed E-state index contributed by atoms with van der Waals surface area (Å²) >= 11 is 0. The van der Waals surface area contributed by atoms with Gasteiger partial charge in [0, 0.05) is 18.2 Å². The number of rotatable bonds is 11. The van der Waals surface area contributed by atoms with Crippen LogP contribution in [0.1, 0.15) is 68.1 Å². The number of nitrogens with zero attached hydrogens (tertiary/aromatic N) is 2. The van der Waals surface area contributed by atoms with Gasteiger partial charge in [0.2, 0.25) is 0 Å². The number of carboxylic acid groups (broad SMARTS) is 1. The van der Waals surface area contributed by atoms with Gasteiger partial charge in [0.05, 0.1) is 27.2 Å². The molecule has 0 bridgehead atoms. The number of benzene rings is 2. The summed E-state index contributed by atoms with van der Waals surface area (Å²) < 4.78 is 0. The number of carboxylic acids is 1. The fraction of sp³-hybridized carbons (Fsp3) is 0.464. The monoisotopic (exact) mass is 612 g/mol. The van der Waals surface area contributed by atoms with Crippen molar-refractivity contribution in [2.24, 2.45) is 11.8 Å². The second kappa shape index (κ2) is 14.8. The zero-order valence-corrected chi connectivity index (χ0v) is 23.9. The average molecular weight is 613 g/mol. The zero-order chi connectivity index (χ0) is 31.6. The van der Waals surface area contributed by atoms with Gasteiger partial charge < -0.3 is 15.7 Å². The van der Waals surface area contributed by atoms with E-state index in [1.54, 1.807) is 12.1 Å². The van der Waals surface area contributed by atoms with Crippen LogP contribution in [-0.4, -0.2) is 45.1 Å². The van der Waals surface area contributed by atoms with E-state index in [4.69, 9.17) is 5.11 Å². The van der Waals surface area contributed by atoms with Crippen molar-refractivity contribution in [2.75, 3.05) is 10.9 Å². The van der Waals surface area contributed by atoms with Crippen LogP contribution in [0.2, 0.25) is 0 Å². The van der Waals surface area contributed by atoms with Gasteiger partial charge >= 0.3 is 23.7 Å². The minimum absolute atomic E-state index is 0.0259. The molecule has 44 heavy (non-hydrogen) atoms. The maximum Gasteiger partial charge on any atom is 0.335 e. The minimum Gasteiger partial charge on any atom is -0.478 e. The number of aromatic carboxylic acids is 1. The molecule has 2 aromatic carbocycles. The van der Waals surface area contributed by atoms with E-state index in [1.165, 1.54) is 18.2 Å². The largest absolute Gasteiger partial charge is 0.478 e. The van der Waals surface area contributed by atoms with Crippen molar-refractivity contribution in [3.63, 3.8) is 0 Å².